The van der Waals surface area contributed by atoms with Crippen molar-refractivity contribution in [1.29, 1.82) is 0 Å². The molecule has 0 radical (unpaired) electrons. The van der Waals surface area contributed by atoms with Gasteiger partial charge in [0.05, 0.1) is 23.7 Å². The van der Waals surface area contributed by atoms with Crippen molar-refractivity contribution in [3.63, 3.8) is 0 Å². The molecule has 0 aromatic heterocycles. The van der Waals surface area contributed by atoms with Gasteiger partial charge in [-0.15, -0.1) is 6.58 Å². The Labute approximate surface area is 153 Å². The average molecular weight is 357 g/mol. The fourth-order valence-corrected chi connectivity index (χ4v) is 2.65. The minimum atomic E-state index is -0.672. The standard InChI is InChI=1S/C20H24FN3O2/c1-4-11-24(13-15-8-6-7-14(3)12-15)17-10-9-16(19(22)18(17)21)23-20(25)26-5-2/h4,6-10,12H,1,5,11,13,22H2,2-3H3,(H,23,25). The predicted octanol–water partition coefficient (Wildman–Crippen LogP) is 4.48. The number of amides is 1. The van der Waals surface area contributed by atoms with Crippen molar-refractivity contribution in [2.24, 2.45) is 0 Å². The molecule has 0 saturated carbocycles. The summed E-state index contributed by atoms with van der Waals surface area (Å²) in [6.07, 6.45) is 1.03. The van der Waals surface area contributed by atoms with Gasteiger partial charge in [-0.2, -0.15) is 0 Å². The molecule has 0 saturated heterocycles. The van der Waals surface area contributed by atoms with E-state index in [0.717, 1.165) is 11.1 Å². The molecule has 0 aliphatic carbocycles. The lowest BCUT2D eigenvalue weighted by Gasteiger charge is -2.25. The third-order valence-electron chi connectivity index (χ3n) is 3.82. The second-order valence-corrected chi connectivity index (χ2v) is 5.86. The Balaban J connectivity index is 2.29. The molecule has 0 unspecified atom stereocenters. The number of halogens is 1. The number of hydrogen-bond donors (Lipinski definition) is 2. The summed E-state index contributed by atoms with van der Waals surface area (Å²) in [5.41, 5.74) is 8.46. The van der Waals surface area contributed by atoms with E-state index in [1.807, 2.05) is 36.1 Å². The van der Waals surface area contributed by atoms with Crippen molar-refractivity contribution in [1.82, 2.24) is 0 Å². The van der Waals surface area contributed by atoms with Gasteiger partial charge in [0.2, 0.25) is 0 Å². The number of aryl methyl sites for hydroxylation is 1. The van der Waals surface area contributed by atoms with E-state index in [0.29, 0.717) is 18.8 Å². The summed E-state index contributed by atoms with van der Waals surface area (Å²) in [7, 11) is 0. The van der Waals surface area contributed by atoms with Gasteiger partial charge in [0.25, 0.3) is 0 Å². The molecule has 2 aromatic rings. The highest BCUT2D eigenvalue weighted by Gasteiger charge is 2.17. The molecule has 0 atom stereocenters. The number of ether oxygens (including phenoxy) is 1. The summed E-state index contributed by atoms with van der Waals surface area (Å²) in [5, 5.41) is 2.44. The zero-order valence-electron chi connectivity index (χ0n) is 15.1. The zero-order valence-corrected chi connectivity index (χ0v) is 15.1. The summed E-state index contributed by atoms with van der Waals surface area (Å²) in [5.74, 6) is -0.589. The van der Waals surface area contributed by atoms with Gasteiger partial charge in [-0.3, -0.25) is 5.32 Å². The van der Waals surface area contributed by atoms with Crippen LogP contribution in [-0.2, 0) is 11.3 Å². The van der Waals surface area contributed by atoms with E-state index in [1.54, 1.807) is 25.1 Å². The lowest BCUT2D eigenvalue weighted by Crippen LogP contribution is -2.24. The smallest absolute Gasteiger partial charge is 0.411 e. The summed E-state index contributed by atoms with van der Waals surface area (Å²) in [6, 6.07) is 11.2. The Hall–Kier alpha value is -3.02. The van der Waals surface area contributed by atoms with Crippen molar-refractivity contribution >= 4 is 23.2 Å². The monoisotopic (exact) mass is 357 g/mol. The number of carbonyl (C=O) groups is 1. The minimum absolute atomic E-state index is 0.131. The molecule has 0 aliphatic rings. The molecule has 5 nitrogen and oxygen atoms in total. The van der Waals surface area contributed by atoms with E-state index in [9.17, 15) is 9.18 Å². The molecule has 6 heteroatoms. The van der Waals surface area contributed by atoms with Crippen molar-refractivity contribution in [3.05, 3.63) is 66.0 Å². The SMILES string of the molecule is C=CCN(Cc1cccc(C)c1)c1ccc(NC(=O)OCC)c(N)c1F. The summed E-state index contributed by atoms with van der Waals surface area (Å²) < 4.78 is 19.7. The maximum absolute atomic E-state index is 14.9. The maximum atomic E-state index is 14.9. The number of anilines is 3. The van der Waals surface area contributed by atoms with E-state index < -0.39 is 11.9 Å². The first-order chi connectivity index (χ1) is 12.5. The van der Waals surface area contributed by atoms with Crippen LogP contribution in [0.3, 0.4) is 0 Å². The first kappa shape index (κ1) is 19.3. The summed E-state index contributed by atoms with van der Waals surface area (Å²) in [4.78, 5) is 13.4. The summed E-state index contributed by atoms with van der Waals surface area (Å²) >= 11 is 0. The Morgan fingerprint density at radius 1 is 1.38 bits per heavy atom. The number of nitrogens with zero attached hydrogens (tertiary/aromatic N) is 1. The van der Waals surface area contributed by atoms with E-state index in [1.165, 1.54) is 0 Å². The van der Waals surface area contributed by atoms with Gasteiger partial charge >= 0.3 is 6.09 Å². The first-order valence-electron chi connectivity index (χ1n) is 8.39. The van der Waals surface area contributed by atoms with E-state index in [-0.39, 0.29) is 18.0 Å². The highest BCUT2D eigenvalue weighted by molar-refractivity contribution is 5.90. The van der Waals surface area contributed by atoms with Gasteiger partial charge in [-0.25, -0.2) is 9.18 Å². The van der Waals surface area contributed by atoms with Gasteiger partial charge in [0, 0.05) is 13.1 Å². The normalized spacial score (nSPS) is 10.3. The van der Waals surface area contributed by atoms with E-state index >= 15 is 0 Å². The molecule has 1 amide bonds. The molecule has 26 heavy (non-hydrogen) atoms. The largest absolute Gasteiger partial charge is 0.450 e. The quantitative estimate of drug-likeness (QED) is 0.566. The lowest BCUT2D eigenvalue weighted by molar-refractivity contribution is 0.168. The highest BCUT2D eigenvalue weighted by atomic mass is 19.1. The van der Waals surface area contributed by atoms with Crippen molar-refractivity contribution in [2.45, 2.75) is 20.4 Å². The van der Waals surface area contributed by atoms with Crippen LogP contribution < -0.4 is 16.0 Å². The Morgan fingerprint density at radius 2 is 2.15 bits per heavy atom. The van der Waals surface area contributed by atoms with Gasteiger partial charge in [0.1, 0.15) is 0 Å². The Morgan fingerprint density at radius 3 is 2.81 bits per heavy atom. The maximum Gasteiger partial charge on any atom is 0.411 e. The summed E-state index contributed by atoms with van der Waals surface area (Å²) in [6.45, 7) is 8.62. The average Bonchev–Trinajstić information content (AvgIpc) is 2.59. The number of hydrogen-bond acceptors (Lipinski definition) is 4. The van der Waals surface area contributed by atoms with Crippen LogP contribution in [0.15, 0.2) is 49.1 Å². The van der Waals surface area contributed by atoms with Crippen molar-refractivity contribution in [2.75, 3.05) is 29.1 Å². The van der Waals surface area contributed by atoms with Gasteiger partial charge in [0.15, 0.2) is 5.82 Å². The molecule has 0 bridgehead atoms. The van der Waals surface area contributed by atoms with Gasteiger partial charge in [-0.1, -0.05) is 35.9 Å². The topological polar surface area (TPSA) is 67.6 Å². The zero-order chi connectivity index (χ0) is 19.1. The number of nitrogens with one attached hydrogen (secondary N) is 1. The number of nitrogens with two attached hydrogens (primary N) is 1. The molecule has 2 rings (SSSR count). The number of benzene rings is 2. The highest BCUT2D eigenvalue weighted by Crippen LogP contribution is 2.31. The van der Waals surface area contributed by atoms with Crippen molar-refractivity contribution in [3.8, 4) is 0 Å². The molecular weight excluding hydrogens is 333 g/mol. The molecule has 0 heterocycles. The van der Waals surface area contributed by atoms with Crippen LogP contribution in [0.2, 0.25) is 0 Å². The molecule has 3 N–H and O–H groups in total. The second-order valence-electron chi connectivity index (χ2n) is 5.86. The third kappa shape index (κ3) is 4.75. The molecule has 0 aliphatic heterocycles. The third-order valence-corrected chi connectivity index (χ3v) is 3.82. The van der Waals surface area contributed by atoms with Crippen molar-refractivity contribution < 1.29 is 13.9 Å². The number of nitrogen functional groups attached to an aromatic ring is 1. The van der Waals surface area contributed by atoms with E-state index in [4.69, 9.17) is 10.5 Å². The fraction of sp³-hybridized carbons (Fsp3) is 0.250. The Bertz CT molecular complexity index is 793. The molecule has 2 aromatic carbocycles. The minimum Gasteiger partial charge on any atom is -0.450 e. The van der Waals surface area contributed by atoms with Crippen LogP contribution in [0.1, 0.15) is 18.1 Å². The van der Waals surface area contributed by atoms with Crippen LogP contribution >= 0.6 is 0 Å². The van der Waals surface area contributed by atoms with Crippen LogP contribution in [0.5, 0.6) is 0 Å². The Kier molecular flexibility index (Phi) is 6.60. The first-order valence-corrected chi connectivity index (χ1v) is 8.39. The van der Waals surface area contributed by atoms with Gasteiger partial charge in [-0.05, 0) is 31.5 Å². The van der Waals surface area contributed by atoms with E-state index in [2.05, 4.69) is 11.9 Å². The number of rotatable bonds is 7. The second kappa shape index (κ2) is 8.89. The number of carbonyl (C=O) groups excluding carboxylic acids is 1. The van der Waals surface area contributed by atoms with Gasteiger partial charge < -0.3 is 15.4 Å². The fourth-order valence-electron chi connectivity index (χ4n) is 2.65. The van der Waals surface area contributed by atoms with Crippen LogP contribution in [0.25, 0.3) is 0 Å². The molecule has 0 spiro atoms. The van der Waals surface area contributed by atoms with Crippen LogP contribution in [-0.4, -0.2) is 19.2 Å². The molecule has 0 fully saturated rings. The lowest BCUT2D eigenvalue weighted by atomic mass is 10.1. The van der Waals surface area contributed by atoms with Crippen LogP contribution in [0.4, 0.5) is 26.2 Å². The molecular formula is C20H24FN3O2. The van der Waals surface area contributed by atoms with Crippen LogP contribution in [0, 0.1) is 12.7 Å². The molecule has 138 valence electrons. The predicted molar refractivity (Wildman–Crippen MR) is 104 cm³/mol.